The molecular weight excluding hydrogens is 398 g/mol. The molecule has 4 rings (SSSR count). The van der Waals surface area contributed by atoms with Crippen molar-refractivity contribution in [2.24, 2.45) is 0 Å². The van der Waals surface area contributed by atoms with E-state index in [-0.39, 0.29) is 29.2 Å². The topological polar surface area (TPSA) is 113 Å². The third kappa shape index (κ3) is 3.58. The number of nitro benzene ring substituents is 1. The molecule has 29 heavy (non-hydrogen) atoms. The van der Waals surface area contributed by atoms with E-state index in [2.05, 4.69) is 4.98 Å². The van der Waals surface area contributed by atoms with Crippen LogP contribution in [0.15, 0.2) is 29.1 Å². The van der Waals surface area contributed by atoms with Gasteiger partial charge in [0.15, 0.2) is 10.7 Å². The van der Waals surface area contributed by atoms with E-state index in [0.29, 0.717) is 10.7 Å². The summed E-state index contributed by atoms with van der Waals surface area (Å²) < 4.78 is 11.8. The van der Waals surface area contributed by atoms with Crippen molar-refractivity contribution in [1.29, 1.82) is 0 Å². The lowest BCUT2D eigenvalue weighted by Crippen LogP contribution is -2.18. The molecule has 1 aliphatic carbocycles. The molecule has 0 unspecified atom stereocenters. The number of fused-ring (bicyclic) bond motifs is 3. The van der Waals surface area contributed by atoms with Crippen LogP contribution in [0.25, 0.3) is 4.96 Å². The number of aryl methyl sites for hydroxylation is 2. The second kappa shape index (κ2) is 7.63. The summed E-state index contributed by atoms with van der Waals surface area (Å²) in [6.45, 7) is -0.201. The third-order valence-electron chi connectivity index (χ3n) is 4.78. The Labute approximate surface area is 168 Å². The van der Waals surface area contributed by atoms with E-state index in [1.807, 2.05) is 0 Å². The van der Waals surface area contributed by atoms with Crippen molar-refractivity contribution < 1.29 is 19.2 Å². The number of nitro groups is 1. The molecule has 9 nitrogen and oxygen atoms in total. The molecule has 0 amide bonds. The third-order valence-corrected chi connectivity index (χ3v) is 5.92. The van der Waals surface area contributed by atoms with Crippen LogP contribution in [0.1, 0.15) is 39.5 Å². The van der Waals surface area contributed by atoms with Crippen LogP contribution < -0.4 is 10.3 Å². The highest BCUT2D eigenvalue weighted by molar-refractivity contribution is 7.17. The summed E-state index contributed by atoms with van der Waals surface area (Å²) in [5, 5.41) is 11.1. The monoisotopic (exact) mass is 415 g/mol. The van der Waals surface area contributed by atoms with Gasteiger partial charge in [-0.2, -0.15) is 0 Å². The number of carbonyl (C=O) groups excluding carboxylic acids is 1. The van der Waals surface area contributed by atoms with Gasteiger partial charge in [0.05, 0.1) is 23.3 Å². The van der Waals surface area contributed by atoms with E-state index in [4.69, 9.17) is 9.47 Å². The van der Waals surface area contributed by atoms with E-state index < -0.39 is 10.9 Å². The first kappa shape index (κ1) is 19.1. The summed E-state index contributed by atoms with van der Waals surface area (Å²) in [7, 11) is 1.31. The predicted octanol–water partition coefficient (Wildman–Crippen LogP) is 2.91. The van der Waals surface area contributed by atoms with Gasteiger partial charge >= 0.3 is 11.7 Å². The van der Waals surface area contributed by atoms with Crippen LogP contribution >= 0.6 is 11.3 Å². The Bertz CT molecular complexity index is 1180. The summed E-state index contributed by atoms with van der Waals surface area (Å²) in [5.74, 6) is -0.698. The van der Waals surface area contributed by atoms with Gasteiger partial charge in [0.2, 0.25) is 0 Å². The van der Waals surface area contributed by atoms with Crippen LogP contribution in [0.5, 0.6) is 5.75 Å². The fraction of sp³-hybridized carbons (Fsp3) is 0.316. The van der Waals surface area contributed by atoms with Crippen molar-refractivity contribution in [2.75, 3.05) is 7.11 Å². The lowest BCUT2D eigenvalue weighted by Gasteiger charge is -2.10. The highest BCUT2D eigenvalue weighted by atomic mass is 32.1. The van der Waals surface area contributed by atoms with Crippen molar-refractivity contribution >= 4 is 28.0 Å². The summed E-state index contributed by atoms with van der Waals surface area (Å²) in [6, 6.07) is 5.17. The van der Waals surface area contributed by atoms with Crippen molar-refractivity contribution in [2.45, 2.75) is 32.3 Å². The zero-order valence-corrected chi connectivity index (χ0v) is 16.4. The molecule has 0 atom stereocenters. The summed E-state index contributed by atoms with van der Waals surface area (Å²) in [5.41, 5.74) is 0.860. The molecule has 0 saturated carbocycles. The van der Waals surface area contributed by atoms with Gasteiger partial charge in [0.25, 0.3) is 5.56 Å². The minimum absolute atomic E-state index is 0.0156. The van der Waals surface area contributed by atoms with Crippen molar-refractivity contribution in [1.82, 2.24) is 9.38 Å². The van der Waals surface area contributed by atoms with Gasteiger partial charge in [0, 0.05) is 22.7 Å². The summed E-state index contributed by atoms with van der Waals surface area (Å²) in [4.78, 5) is 41.5. The smallest absolute Gasteiger partial charge is 0.338 e. The highest BCUT2D eigenvalue weighted by Crippen LogP contribution is 2.29. The summed E-state index contributed by atoms with van der Waals surface area (Å²) in [6.07, 6.45) is 3.97. The second-order valence-electron chi connectivity index (χ2n) is 6.60. The Kier molecular flexibility index (Phi) is 5.01. The maximum absolute atomic E-state index is 12.5. The number of ether oxygens (including phenoxy) is 2. The molecule has 0 spiro atoms. The quantitative estimate of drug-likeness (QED) is 0.358. The van der Waals surface area contributed by atoms with Gasteiger partial charge in [0.1, 0.15) is 6.61 Å². The number of esters is 1. The number of benzene rings is 1. The van der Waals surface area contributed by atoms with Crippen molar-refractivity contribution in [3.05, 3.63) is 66.6 Å². The average Bonchev–Trinajstić information content (AvgIpc) is 3.10. The average molecular weight is 415 g/mol. The normalized spacial score (nSPS) is 13.1. The lowest BCUT2D eigenvalue weighted by atomic mass is 10.0. The lowest BCUT2D eigenvalue weighted by molar-refractivity contribution is -0.385. The molecule has 2 aromatic heterocycles. The van der Waals surface area contributed by atoms with Crippen LogP contribution in [0.2, 0.25) is 0 Å². The van der Waals surface area contributed by atoms with Gasteiger partial charge in [-0.25, -0.2) is 9.78 Å². The number of hydrogen-bond donors (Lipinski definition) is 0. The molecule has 3 aromatic rings. The van der Waals surface area contributed by atoms with E-state index >= 15 is 0 Å². The number of methoxy groups -OCH3 is 1. The number of thiazole rings is 1. The number of rotatable bonds is 5. The molecule has 1 aliphatic rings. The minimum Gasteiger partial charge on any atom is -0.490 e. The predicted molar refractivity (Wildman–Crippen MR) is 105 cm³/mol. The molecule has 0 fully saturated rings. The number of aromatic nitrogens is 2. The molecule has 0 N–H and O–H groups in total. The molecule has 150 valence electrons. The van der Waals surface area contributed by atoms with Gasteiger partial charge in [-0.3, -0.25) is 19.3 Å². The molecule has 0 saturated heterocycles. The Balaban J connectivity index is 1.55. The SMILES string of the molecule is COc1ccc(C(=O)OCc2cc(=O)n3c4c(sc3n2)CCCC4)cc1[N+](=O)[O-]. The molecule has 2 heterocycles. The van der Waals surface area contributed by atoms with Crippen LogP contribution in [-0.4, -0.2) is 27.4 Å². The fourth-order valence-electron chi connectivity index (χ4n) is 3.40. The van der Waals surface area contributed by atoms with Crippen molar-refractivity contribution in [3.63, 3.8) is 0 Å². The fourth-order valence-corrected chi connectivity index (χ4v) is 4.63. The van der Waals surface area contributed by atoms with Crippen LogP contribution in [0, 0.1) is 10.1 Å². The van der Waals surface area contributed by atoms with Crippen LogP contribution in [0.4, 0.5) is 5.69 Å². The maximum Gasteiger partial charge on any atom is 0.338 e. The first-order chi connectivity index (χ1) is 14.0. The Morgan fingerprint density at radius 2 is 2.10 bits per heavy atom. The molecule has 1 aromatic carbocycles. The van der Waals surface area contributed by atoms with Crippen molar-refractivity contribution in [3.8, 4) is 5.75 Å². The van der Waals surface area contributed by atoms with E-state index in [0.717, 1.165) is 37.4 Å². The first-order valence-corrected chi connectivity index (χ1v) is 9.82. The maximum atomic E-state index is 12.5. The standard InChI is InChI=1S/C19H17N3O6S/c1-27-15-7-6-11(8-14(15)22(25)26)18(24)28-10-12-9-17(23)21-13-4-2-3-5-16(13)29-19(21)20-12/h6-9H,2-5,10H2,1H3. The molecular formula is C19H17N3O6S. The molecule has 0 aliphatic heterocycles. The summed E-state index contributed by atoms with van der Waals surface area (Å²) >= 11 is 1.49. The Hall–Kier alpha value is -3.27. The first-order valence-electron chi connectivity index (χ1n) is 9.00. The number of nitrogens with zero attached hydrogens (tertiary/aromatic N) is 3. The Morgan fingerprint density at radius 3 is 2.86 bits per heavy atom. The van der Waals surface area contributed by atoms with Gasteiger partial charge in [-0.05, 0) is 37.8 Å². The second-order valence-corrected chi connectivity index (χ2v) is 7.66. The molecule has 0 bridgehead atoms. The van der Waals surface area contributed by atoms with E-state index in [1.165, 1.54) is 41.5 Å². The number of hydrogen-bond acceptors (Lipinski definition) is 8. The number of carbonyl (C=O) groups is 1. The largest absolute Gasteiger partial charge is 0.490 e. The molecule has 0 radical (unpaired) electrons. The highest BCUT2D eigenvalue weighted by Gasteiger charge is 2.21. The van der Waals surface area contributed by atoms with Gasteiger partial charge in [-0.1, -0.05) is 0 Å². The van der Waals surface area contributed by atoms with Gasteiger partial charge in [-0.15, -0.1) is 11.3 Å². The minimum atomic E-state index is -0.747. The molecule has 10 heteroatoms. The van der Waals surface area contributed by atoms with Crippen LogP contribution in [0.3, 0.4) is 0 Å². The zero-order valence-electron chi connectivity index (χ0n) is 15.5. The van der Waals surface area contributed by atoms with Gasteiger partial charge < -0.3 is 9.47 Å². The van der Waals surface area contributed by atoms with Crippen LogP contribution in [-0.2, 0) is 24.2 Å². The van der Waals surface area contributed by atoms with E-state index in [1.54, 1.807) is 4.40 Å². The zero-order chi connectivity index (χ0) is 20.5. The Morgan fingerprint density at radius 1 is 1.31 bits per heavy atom. The van der Waals surface area contributed by atoms with E-state index in [9.17, 15) is 19.7 Å².